The first-order valence-electron chi connectivity index (χ1n) is 6.63. The second kappa shape index (κ2) is 4.76. The number of likely N-dealkylation sites (N-methyl/N-ethyl adjacent to an activating group) is 1. The van der Waals surface area contributed by atoms with Crippen molar-refractivity contribution in [1.29, 1.82) is 0 Å². The van der Waals surface area contributed by atoms with E-state index in [-0.39, 0.29) is 17.4 Å². The largest absolute Gasteiger partial charge is 0.355 e. The molecule has 1 atom stereocenters. The third-order valence-corrected chi connectivity index (χ3v) is 3.62. The van der Waals surface area contributed by atoms with Crippen LogP contribution in [0, 0.1) is 5.41 Å². The maximum atomic E-state index is 11.7. The summed E-state index contributed by atoms with van der Waals surface area (Å²) in [5, 5.41) is 2.83. The van der Waals surface area contributed by atoms with Crippen LogP contribution in [-0.2, 0) is 17.8 Å². The van der Waals surface area contributed by atoms with Gasteiger partial charge in [0.15, 0.2) is 0 Å². The van der Waals surface area contributed by atoms with Crippen molar-refractivity contribution in [2.75, 3.05) is 6.54 Å². The first kappa shape index (κ1) is 13.1. The van der Waals surface area contributed by atoms with Crippen LogP contribution in [0.5, 0.6) is 0 Å². The van der Waals surface area contributed by atoms with Gasteiger partial charge in [-0.3, -0.25) is 4.79 Å². The van der Waals surface area contributed by atoms with Crippen molar-refractivity contribution >= 4 is 5.91 Å². The fourth-order valence-corrected chi connectivity index (χ4v) is 2.85. The van der Waals surface area contributed by atoms with Gasteiger partial charge in [0.25, 0.3) is 0 Å². The summed E-state index contributed by atoms with van der Waals surface area (Å²) in [6, 6.07) is 2.16. The van der Waals surface area contributed by atoms with Crippen LogP contribution < -0.4 is 11.1 Å². The lowest BCUT2D eigenvalue weighted by atomic mass is 9.74. The number of nitrogens with one attached hydrogen (secondary N) is 1. The molecule has 1 aliphatic rings. The number of rotatable bonds is 3. The molecule has 1 aliphatic carbocycles. The smallest absolute Gasteiger partial charge is 0.239 e. The van der Waals surface area contributed by atoms with Crippen LogP contribution in [0.3, 0.4) is 0 Å². The summed E-state index contributed by atoms with van der Waals surface area (Å²) in [7, 11) is 0. The molecule has 0 aliphatic heterocycles. The first-order chi connectivity index (χ1) is 8.43. The molecule has 100 valence electrons. The zero-order valence-corrected chi connectivity index (χ0v) is 11.5. The minimum atomic E-state index is 0.0628. The fraction of sp³-hybridized carbons (Fsp3) is 0.643. The van der Waals surface area contributed by atoms with Crippen LogP contribution in [0.2, 0.25) is 0 Å². The van der Waals surface area contributed by atoms with Gasteiger partial charge in [0, 0.05) is 24.5 Å². The minimum absolute atomic E-state index is 0.0628. The molecule has 0 saturated heterocycles. The van der Waals surface area contributed by atoms with Crippen LogP contribution in [-0.4, -0.2) is 17.0 Å². The van der Waals surface area contributed by atoms with E-state index in [4.69, 9.17) is 5.73 Å². The van der Waals surface area contributed by atoms with Crippen LogP contribution in [0.4, 0.5) is 0 Å². The Hall–Kier alpha value is -1.29. The molecule has 0 aromatic carbocycles. The van der Waals surface area contributed by atoms with Crippen LogP contribution in [0.25, 0.3) is 0 Å². The molecule has 4 nitrogen and oxygen atoms in total. The number of hydrogen-bond acceptors (Lipinski definition) is 2. The molecule has 1 unspecified atom stereocenters. The first-order valence-corrected chi connectivity index (χ1v) is 6.63. The SMILES string of the molecule is CCNC(=O)Cn1ccc2c1CC(C)(C)CC2N. The van der Waals surface area contributed by atoms with Gasteiger partial charge in [-0.2, -0.15) is 0 Å². The van der Waals surface area contributed by atoms with E-state index in [9.17, 15) is 4.79 Å². The molecule has 0 saturated carbocycles. The van der Waals surface area contributed by atoms with E-state index < -0.39 is 0 Å². The van der Waals surface area contributed by atoms with E-state index in [1.165, 1.54) is 11.3 Å². The van der Waals surface area contributed by atoms with Gasteiger partial charge in [0.2, 0.25) is 5.91 Å². The Kier molecular flexibility index (Phi) is 3.48. The number of nitrogens with two attached hydrogens (primary N) is 1. The van der Waals surface area contributed by atoms with E-state index >= 15 is 0 Å². The molecule has 1 heterocycles. The summed E-state index contributed by atoms with van der Waals surface area (Å²) in [6.07, 6.45) is 3.98. The zero-order chi connectivity index (χ0) is 13.3. The van der Waals surface area contributed by atoms with Crippen molar-refractivity contribution in [3.8, 4) is 0 Å². The van der Waals surface area contributed by atoms with Gasteiger partial charge in [-0.15, -0.1) is 0 Å². The molecule has 2 rings (SSSR count). The number of nitrogens with zero attached hydrogens (tertiary/aromatic N) is 1. The van der Waals surface area contributed by atoms with Gasteiger partial charge in [-0.25, -0.2) is 0 Å². The van der Waals surface area contributed by atoms with Gasteiger partial charge in [-0.05, 0) is 36.8 Å². The number of carbonyl (C=O) groups excluding carboxylic acids is 1. The molecule has 0 fully saturated rings. The summed E-state index contributed by atoms with van der Waals surface area (Å²) in [6.45, 7) is 7.47. The Bertz CT molecular complexity index is 448. The third kappa shape index (κ3) is 2.58. The second-order valence-electron chi connectivity index (χ2n) is 5.95. The summed E-state index contributed by atoms with van der Waals surface area (Å²) in [5.74, 6) is 0.0628. The number of hydrogen-bond donors (Lipinski definition) is 2. The van der Waals surface area contributed by atoms with Crippen LogP contribution in [0.15, 0.2) is 12.3 Å². The lowest BCUT2D eigenvalue weighted by molar-refractivity contribution is -0.121. The highest BCUT2D eigenvalue weighted by Crippen LogP contribution is 2.39. The van der Waals surface area contributed by atoms with Gasteiger partial charge in [0.05, 0.1) is 0 Å². The molecule has 1 amide bonds. The van der Waals surface area contributed by atoms with Crippen LogP contribution in [0.1, 0.15) is 44.5 Å². The van der Waals surface area contributed by atoms with Crippen molar-refractivity contribution in [2.24, 2.45) is 11.1 Å². The Morgan fingerprint density at radius 3 is 3.00 bits per heavy atom. The normalized spacial score (nSPS) is 21.4. The molecular weight excluding hydrogens is 226 g/mol. The average Bonchev–Trinajstić information content (AvgIpc) is 2.60. The summed E-state index contributed by atoms with van der Waals surface area (Å²) in [5.41, 5.74) is 8.86. The molecule has 4 heteroatoms. The average molecular weight is 249 g/mol. The highest BCUT2D eigenvalue weighted by atomic mass is 16.1. The Morgan fingerprint density at radius 1 is 1.61 bits per heavy atom. The zero-order valence-electron chi connectivity index (χ0n) is 11.5. The van der Waals surface area contributed by atoms with E-state index in [0.717, 1.165) is 12.8 Å². The summed E-state index contributed by atoms with van der Waals surface area (Å²) in [4.78, 5) is 11.7. The Labute approximate surface area is 109 Å². The highest BCUT2D eigenvalue weighted by molar-refractivity contribution is 5.75. The maximum absolute atomic E-state index is 11.7. The highest BCUT2D eigenvalue weighted by Gasteiger charge is 2.32. The molecule has 18 heavy (non-hydrogen) atoms. The van der Waals surface area contributed by atoms with E-state index in [1.54, 1.807) is 0 Å². The second-order valence-corrected chi connectivity index (χ2v) is 5.95. The van der Waals surface area contributed by atoms with Crippen molar-refractivity contribution in [3.63, 3.8) is 0 Å². The minimum Gasteiger partial charge on any atom is -0.355 e. The molecule has 0 bridgehead atoms. The number of amides is 1. The Morgan fingerprint density at radius 2 is 2.33 bits per heavy atom. The maximum Gasteiger partial charge on any atom is 0.239 e. The monoisotopic (exact) mass is 249 g/mol. The Balaban J connectivity index is 2.23. The van der Waals surface area contributed by atoms with Crippen molar-refractivity contribution in [2.45, 2.75) is 46.2 Å². The van der Waals surface area contributed by atoms with Gasteiger partial charge < -0.3 is 15.6 Å². The third-order valence-electron chi connectivity index (χ3n) is 3.62. The predicted molar refractivity (Wildman–Crippen MR) is 72.1 cm³/mol. The van der Waals surface area contributed by atoms with E-state index in [1.807, 2.05) is 17.7 Å². The van der Waals surface area contributed by atoms with Gasteiger partial charge in [-0.1, -0.05) is 13.8 Å². The molecule has 0 spiro atoms. The van der Waals surface area contributed by atoms with Crippen LogP contribution >= 0.6 is 0 Å². The molecule has 0 radical (unpaired) electrons. The molecule has 3 N–H and O–H groups in total. The number of aromatic nitrogens is 1. The number of fused-ring (bicyclic) bond motifs is 1. The quantitative estimate of drug-likeness (QED) is 0.854. The lowest BCUT2D eigenvalue weighted by Gasteiger charge is -2.34. The summed E-state index contributed by atoms with van der Waals surface area (Å²) < 4.78 is 2.04. The topological polar surface area (TPSA) is 60.0 Å². The fourth-order valence-electron chi connectivity index (χ4n) is 2.85. The predicted octanol–water partition coefficient (Wildman–Crippen LogP) is 1.60. The van der Waals surface area contributed by atoms with Gasteiger partial charge in [0.1, 0.15) is 6.54 Å². The molecule has 1 aromatic rings. The van der Waals surface area contributed by atoms with Crippen molar-refractivity contribution in [1.82, 2.24) is 9.88 Å². The molecule has 1 aromatic heterocycles. The van der Waals surface area contributed by atoms with Crippen molar-refractivity contribution in [3.05, 3.63) is 23.5 Å². The lowest BCUT2D eigenvalue weighted by Crippen LogP contribution is -2.32. The van der Waals surface area contributed by atoms with E-state index in [0.29, 0.717) is 13.1 Å². The number of carbonyl (C=O) groups is 1. The molecular formula is C14H23N3O. The van der Waals surface area contributed by atoms with Gasteiger partial charge >= 0.3 is 0 Å². The van der Waals surface area contributed by atoms with Crippen molar-refractivity contribution < 1.29 is 4.79 Å². The van der Waals surface area contributed by atoms with E-state index in [2.05, 4.69) is 25.2 Å². The summed E-state index contributed by atoms with van der Waals surface area (Å²) >= 11 is 0. The standard InChI is InChI=1S/C14H23N3O/c1-4-16-13(18)9-17-6-5-10-11(15)7-14(2,3)8-12(10)17/h5-6,11H,4,7-9,15H2,1-3H3,(H,16,18).